The van der Waals surface area contributed by atoms with E-state index in [0.717, 1.165) is 0 Å². The molecule has 0 atom stereocenters. The van der Waals surface area contributed by atoms with Crippen LogP contribution in [0.4, 0.5) is 0 Å². The fourth-order valence-electron chi connectivity index (χ4n) is 5.69. The molecule has 0 spiro atoms. The Morgan fingerprint density at radius 2 is 0.778 bits per heavy atom. The van der Waals surface area contributed by atoms with Crippen molar-refractivity contribution in [2.75, 3.05) is 0 Å². The van der Waals surface area contributed by atoms with Gasteiger partial charge in [-0.1, -0.05) is 133 Å². The molecule has 0 aliphatic carbocycles. The summed E-state index contributed by atoms with van der Waals surface area (Å²) in [4.78, 5) is 0. The van der Waals surface area contributed by atoms with Gasteiger partial charge in [0.2, 0.25) is 0 Å². The molecule has 10 aromatic rings. The van der Waals surface area contributed by atoms with Gasteiger partial charge in [-0.15, -0.1) is 0 Å². The van der Waals surface area contributed by atoms with Crippen LogP contribution < -0.4 is 0 Å². The average molecular weight is 597 g/mol. The van der Waals surface area contributed by atoms with Crippen LogP contribution in [0.2, 0.25) is 0 Å². The first-order valence-electron chi connectivity index (χ1n) is 26.4. The van der Waals surface area contributed by atoms with Gasteiger partial charge < -0.3 is 4.42 Å². The molecule has 0 aliphatic rings. The minimum atomic E-state index is -0.979. The molecule has 0 saturated heterocycles. The maximum Gasteiger partial charge on any atom is 0.143 e. The summed E-state index contributed by atoms with van der Waals surface area (Å²) in [5.41, 5.74) is -3.98. The molecular weight excluding hydrogens is 544 g/mol. The van der Waals surface area contributed by atoms with Gasteiger partial charge in [-0.05, 0) is 94.9 Å². The van der Waals surface area contributed by atoms with E-state index in [-0.39, 0.29) is 0 Å². The third-order valence-electron chi connectivity index (χ3n) is 7.62. The first kappa shape index (κ1) is 10.3. The second kappa shape index (κ2) is 9.29. The molecule has 0 bridgehead atoms. The number of rotatable bonds is 2. The van der Waals surface area contributed by atoms with Crippen LogP contribution in [0.15, 0.2) is 162 Å². The molecule has 1 nitrogen and oxygen atoms in total. The van der Waals surface area contributed by atoms with Crippen LogP contribution in [-0.2, 0) is 0 Å². The molecule has 1 aromatic heterocycles. The first-order valence-corrected chi connectivity index (χ1v) is 13.4. The topological polar surface area (TPSA) is 13.1 Å². The molecule has 0 N–H and O–H groups in total. The van der Waals surface area contributed by atoms with E-state index in [2.05, 4.69) is 0 Å². The Morgan fingerprint density at radius 3 is 1.42 bits per heavy atom. The number of hydrogen-bond donors (Lipinski definition) is 0. The Labute approximate surface area is 296 Å². The van der Waals surface area contributed by atoms with Gasteiger partial charge in [-0.3, -0.25) is 0 Å². The largest absolute Gasteiger partial charge is 0.455 e. The third kappa shape index (κ3) is 3.56. The molecule has 0 radical (unpaired) electrons. The molecule has 0 aliphatic heterocycles. The molecule has 0 fully saturated rings. The van der Waals surface area contributed by atoms with E-state index >= 15 is 0 Å². The van der Waals surface area contributed by atoms with Crippen LogP contribution in [0.3, 0.4) is 0 Å². The fraction of sp³-hybridized carbons (Fsp3) is 0. The van der Waals surface area contributed by atoms with Crippen LogP contribution in [-0.4, -0.2) is 0 Å². The van der Waals surface area contributed by atoms with E-state index in [1.54, 1.807) is 0 Å². The predicted octanol–water partition coefficient (Wildman–Crippen LogP) is 12.7. The van der Waals surface area contributed by atoms with Gasteiger partial charge in [-0.25, -0.2) is 0 Å². The summed E-state index contributed by atoms with van der Waals surface area (Å²) in [5, 5.41) is -6.85. The Kier molecular flexibility index (Phi) is 2.13. The summed E-state index contributed by atoms with van der Waals surface area (Å²) in [6.07, 6.45) is 0. The molecule has 1 heterocycles. The van der Waals surface area contributed by atoms with Crippen molar-refractivity contribution < 1.29 is 40.1 Å². The Morgan fingerprint density at radius 1 is 0.333 bits per heavy atom. The maximum absolute atomic E-state index is 9.82. The highest BCUT2D eigenvalue weighted by atomic mass is 16.3. The zero-order chi connectivity index (χ0) is 52.1. The zero-order valence-corrected chi connectivity index (χ0v) is 22.4. The Bertz CT molecular complexity index is 4210. The van der Waals surface area contributed by atoms with Gasteiger partial charge in [0, 0.05) is 16.2 Å². The minimum absolute atomic E-state index is 0.403. The van der Waals surface area contributed by atoms with Crippen LogP contribution >= 0.6 is 0 Å². The Balaban J connectivity index is 1.52. The van der Waals surface area contributed by atoms with Crippen molar-refractivity contribution >= 4 is 75.8 Å². The van der Waals surface area contributed by atoms with Crippen molar-refractivity contribution in [3.05, 3.63) is 157 Å². The van der Waals surface area contributed by atoms with E-state index in [4.69, 9.17) is 26.3 Å². The SMILES string of the molecule is [2H]c1c(-c2c3c([2H])c([2H])c([2H])c([2H])c3c(-c3c([2H])c([2H])c4c([2H])c([2H])c5c([2H])c([2H])c([2H])c([2H])c5c4c3[2H])c3c([2H])c([2H])c([2H])c([2H])c23)c([2H])c2c(oc3c4c([2H])c([2H])c([2H])c([2H])c4c([2H])c([2H])c32)c1[2H]. The summed E-state index contributed by atoms with van der Waals surface area (Å²) in [6, 6.07) is -22.5. The van der Waals surface area contributed by atoms with E-state index < -0.39 is 255 Å². The summed E-state index contributed by atoms with van der Waals surface area (Å²) in [7, 11) is 0. The lowest BCUT2D eigenvalue weighted by molar-refractivity contribution is 0.672. The summed E-state index contributed by atoms with van der Waals surface area (Å²) >= 11 is 0. The van der Waals surface area contributed by atoms with Crippen LogP contribution in [0.25, 0.3) is 98.1 Å². The zero-order valence-electron chi connectivity index (χ0n) is 48.4. The molecule has 1 heteroatoms. The predicted molar refractivity (Wildman–Crippen MR) is 192 cm³/mol. The first-order chi connectivity index (χ1) is 33.2. The lowest BCUT2D eigenvalue weighted by atomic mass is 9.85. The summed E-state index contributed by atoms with van der Waals surface area (Å²) in [5.74, 6) is 0. The van der Waals surface area contributed by atoms with E-state index in [0.29, 0.717) is 0 Å². The van der Waals surface area contributed by atoms with Gasteiger partial charge in [-0.2, -0.15) is 0 Å². The van der Waals surface area contributed by atoms with E-state index in [9.17, 15) is 13.7 Å². The molecule has 208 valence electrons. The van der Waals surface area contributed by atoms with Gasteiger partial charge in [0.25, 0.3) is 0 Å². The number of fused-ring (bicyclic) bond motifs is 10. The second-order valence-electron chi connectivity index (χ2n) is 10.0. The summed E-state index contributed by atoms with van der Waals surface area (Å²) < 4.78 is 240. The monoisotopic (exact) mass is 596 g/mol. The quantitative estimate of drug-likeness (QED) is 0.143. The van der Waals surface area contributed by atoms with Gasteiger partial charge in [0.15, 0.2) is 0 Å². The molecule has 45 heavy (non-hydrogen) atoms. The molecule has 0 saturated carbocycles. The smallest absolute Gasteiger partial charge is 0.143 e. The van der Waals surface area contributed by atoms with E-state index in [1.165, 1.54) is 0 Å². The molecule has 0 amide bonds. The highest BCUT2D eigenvalue weighted by molar-refractivity contribution is 6.23. The van der Waals surface area contributed by atoms with Crippen molar-refractivity contribution in [2.45, 2.75) is 0 Å². The lowest BCUT2D eigenvalue weighted by Crippen LogP contribution is -1.91. The molecule has 10 rings (SSSR count). The van der Waals surface area contributed by atoms with E-state index in [1.807, 2.05) is 0 Å². The lowest BCUT2D eigenvalue weighted by Gasteiger charge is -2.18. The fourth-order valence-corrected chi connectivity index (χ4v) is 5.69. The highest BCUT2D eigenvalue weighted by Crippen LogP contribution is 2.45. The maximum atomic E-state index is 9.82. The van der Waals surface area contributed by atoms with Crippen LogP contribution in [0.1, 0.15) is 35.6 Å². The second-order valence-corrected chi connectivity index (χ2v) is 10.0. The van der Waals surface area contributed by atoms with Crippen molar-refractivity contribution in [1.29, 1.82) is 0 Å². The Hall–Kier alpha value is -5.92. The number of benzene rings is 9. The minimum Gasteiger partial charge on any atom is -0.455 e. The van der Waals surface area contributed by atoms with Crippen molar-refractivity contribution in [2.24, 2.45) is 0 Å². The van der Waals surface area contributed by atoms with Gasteiger partial charge in [0.05, 0.1) is 35.6 Å². The highest BCUT2D eigenvalue weighted by Gasteiger charge is 2.18. The van der Waals surface area contributed by atoms with Crippen molar-refractivity contribution in [3.8, 4) is 22.3 Å². The van der Waals surface area contributed by atoms with Crippen LogP contribution in [0, 0.1) is 0 Å². The third-order valence-corrected chi connectivity index (χ3v) is 7.62. The summed E-state index contributed by atoms with van der Waals surface area (Å²) in [6.45, 7) is 0. The van der Waals surface area contributed by atoms with Gasteiger partial charge in [0.1, 0.15) is 11.2 Å². The number of hydrogen-bond acceptors (Lipinski definition) is 1. The average Bonchev–Trinajstić information content (AvgIpc) is 3.75. The van der Waals surface area contributed by atoms with Crippen molar-refractivity contribution in [3.63, 3.8) is 0 Å². The number of furan rings is 1. The standard InChI is InChI=1S/C44H26O/c1-3-11-32-27(9-1)17-18-29-19-20-30(25-39(29)32)42-34-13-5-7-15-36(34)43(37-16-8-6-14-35(37)42)31-22-24-41-40(26-31)38-23-21-28-10-2-4-12-33(28)44(38)45-41/h1-26H/i1D,2D,3D,4D,5D,6D,7D,8D,9D,10D,11D,12D,13D,14D,15D,16D,17D,18D,19D,20D,21D,22D,23D,24D,25D,26D. The van der Waals surface area contributed by atoms with Gasteiger partial charge >= 0.3 is 0 Å². The molecule has 9 aromatic carbocycles. The van der Waals surface area contributed by atoms with Crippen LogP contribution in [0.5, 0.6) is 0 Å². The normalized spacial score (nSPS) is 20.1. The molecular formula is C44H26O. The molecule has 0 unspecified atom stereocenters. The van der Waals surface area contributed by atoms with Crippen molar-refractivity contribution in [1.82, 2.24) is 0 Å².